The van der Waals surface area contributed by atoms with Crippen LogP contribution in [0.1, 0.15) is 39.2 Å². The minimum atomic E-state index is 0.260. The molecule has 1 aromatic heterocycles. The Morgan fingerprint density at radius 3 is 2.68 bits per heavy atom. The van der Waals surface area contributed by atoms with Gasteiger partial charge < -0.3 is 10.1 Å². The summed E-state index contributed by atoms with van der Waals surface area (Å²) in [6, 6.07) is 2.48. The zero-order valence-electron chi connectivity index (χ0n) is 12.2. The first-order chi connectivity index (χ1) is 9.21. The molecule has 0 radical (unpaired) electrons. The van der Waals surface area contributed by atoms with E-state index in [2.05, 4.69) is 53.1 Å². The van der Waals surface area contributed by atoms with Crippen molar-refractivity contribution in [2.75, 3.05) is 13.2 Å². The van der Waals surface area contributed by atoms with E-state index in [9.17, 15) is 0 Å². The van der Waals surface area contributed by atoms with Gasteiger partial charge in [0.05, 0.1) is 6.10 Å². The lowest BCUT2D eigenvalue weighted by Crippen LogP contribution is -2.43. The molecular formula is C15H25BrN2O. The van der Waals surface area contributed by atoms with E-state index in [1.807, 2.05) is 12.4 Å². The third-order valence-electron chi connectivity index (χ3n) is 3.11. The van der Waals surface area contributed by atoms with E-state index in [0.29, 0.717) is 6.04 Å². The van der Waals surface area contributed by atoms with Crippen molar-refractivity contribution in [1.82, 2.24) is 10.3 Å². The van der Waals surface area contributed by atoms with Gasteiger partial charge in [0.25, 0.3) is 0 Å². The van der Waals surface area contributed by atoms with E-state index < -0.39 is 0 Å². The summed E-state index contributed by atoms with van der Waals surface area (Å²) in [5.41, 5.74) is 1.24. The Morgan fingerprint density at radius 1 is 1.32 bits per heavy atom. The molecule has 1 N–H and O–H groups in total. The van der Waals surface area contributed by atoms with Crippen molar-refractivity contribution < 1.29 is 4.74 Å². The van der Waals surface area contributed by atoms with Crippen molar-refractivity contribution in [3.63, 3.8) is 0 Å². The van der Waals surface area contributed by atoms with Gasteiger partial charge in [0.2, 0.25) is 0 Å². The van der Waals surface area contributed by atoms with E-state index in [1.165, 1.54) is 5.56 Å². The molecule has 0 saturated carbocycles. The van der Waals surface area contributed by atoms with Crippen LogP contribution in [0.3, 0.4) is 0 Å². The van der Waals surface area contributed by atoms with Crippen LogP contribution in [0.2, 0.25) is 0 Å². The largest absolute Gasteiger partial charge is 0.377 e. The highest BCUT2D eigenvalue weighted by Gasteiger charge is 2.20. The molecule has 0 aliphatic rings. The molecular weight excluding hydrogens is 304 g/mol. The lowest BCUT2D eigenvalue weighted by molar-refractivity contribution is 0.0319. The van der Waals surface area contributed by atoms with E-state index >= 15 is 0 Å². The van der Waals surface area contributed by atoms with Crippen molar-refractivity contribution in [1.29, 1.82) is 0 Å². The van der Waals surface area contributed by atoms with Crippen LogP contribution in [0.5, 0.6) is 0 Å². The number of nitrogens with zero attached hydrogens (tertiary/aromatic N) is 1. The molecule has 1 heterocycles. The van der Waals surface area contributed by atoms with Gasteiger partial charge in [0, 0.05) is 29.5 Å². The lowest BCUT2D eigenvalue weighted by Gasteiger charge is -2.27. The summed E-state index contributed by atoms with van der Waals surface area (Å²) in [4.78, 5) is 4.23. The Hall–Kier alpha value is -0.450. The van der Waals surface area contributed by atoms with Gasteiger partial charge in [-0.05, 0) is 60.3 Å². The lowest BCUT2D eigenvalue weighted by atomic mass is 10.0. The molecule has 0 aliphatic heterocycles. The highest BCUT2D eigenvalue weighted by Crippen LogP contribution is 2.15. The van der Waals surface area contributed by atoms with Crippen LogP contribution >= 0.6 is 15.9 Å². The van der Waals surface area contributed by atoms with Crippen molar-refractivity contribution in [3.8, 4) is 0 Å². The maximum Gasteiger partial charge on any atom is 0.0728 e. The number of ether oxygens (including phenoxy) is 1. The first kappa shape index (κ1) is 16.6. The van der Waals surface area contributed by atoms with Crippen molar-refractivity contribution in [2.45, 2.75) is 52.2 Å². The van der Waals surface area contributed by atoms with Gasteiger partial charge in [-0.1, -0.05) is 13.8 Å². The highest BCUT2D eigenvalue weighted by atomic mass is 79.9. The van der Waals surface area contributed by atoms with Crippen molar-refractivity contribution in [3.05, 3.63) is 28.5 Å². The summed E-state index contributed by atoms with van der Waals surface area (Å²) in [5, 5.41) is 3.61. The van der Waals surface area contributed by atoms with Gasteiger partial charge in [0.15, 0.2) is 0 Å². The van der Waals surface area contributed by atoms with Crippen LogP contribution < -0.4 is 5.32 Å². The van der Waals surface area contributed by atoms with Crippen molar-refractivity contribution >= 4 is 15.9 Å². The van der Waals surface area contributed by atoms with E-state index in [1.54, 1.807) is 0 Å². The second-order valence-electron chi connectivity index (χ2n) is 4.68. The van der Waals surface area contributed by atoms with Gasteiger partial charge in [-0.2, -0.15) is 0 Å². The van der Waals surface area contributed by atoms with Crippen LogP contribution in [-0.4, -0.2) is 30.3 Å². The number of hydrogen-bond acceptors (Lipinski definition) is 3. The topological polar surface area (TPSA) is 34.2 Å². The molecule has 3 nitrogen and oxygen atoms in total. The maximum atomic E-state index is 5.86. The molecule has 0 bridgehead atoms. The Labute approximate surface area is 125 Å². The van der Waals surface area contributed by atoms with Gasteiger partial charge in [0.1, 0.15) is 0 Å². The smallest absolute Gasteiger partial charge is 0.0728 e. The zero-order valence-corrected chi connectivity index (χ0v) is 13.7. The molecule has 2 unspecified atom stereocenters. The number of rotatable bonds is 9. The molecule has 4 heteroatoms. The summed E-state index contributed by atoms with van der Waals surface area (Å²) in [6.45, 7) is 8.21. The predicted molar refractivity (Wildman–Crippen MR) is 83.4 cm³/mol. The average molecular weight is 329 g/mol. The Bertz CT molecular complexity index is 360. The van der Waals surface area contributed by atoms with Crippen LogP contribution in [0.4, 0.5) is 0 Å². The van der Waals surface area contributed by atoms with Gasteiger partial charge >= 0.3 is 0 Å². The van der Waals surface area contributed by atoms with Crippen LogP contribution in [0.15, 0.2) is 22.9 Å². The minimum absolute atomic E-state index is 0.260. The molecule has 0 aromatic carbocycles. The molecule has 1 aromatic rings. The monoisotopic (exact) mass is 328 g/mol. The summed E-state index contributed by atoms with van der Waals surface area (Å²) < 4.78 is 6.89. The molecule has 0 amide bonds. The number of nitrogens with one attached hydrogen (secondary N) is 1. The molecule has 19 heavy (non-hydrogen) atoms. The number of hydrogen-bond donors (Lipinski definition) is 1. The molecule has 108 valence electrons. The molecule has 0 saturated heterocycles. The van der Waals surface area contributed by atoms with Gasteiger partial charge in [-0.15, -0.1) is 0 Å². The molecule has 0 spiro atoms. The summed E-state index contributed by atoms with van der Waals surface area (Å²) in [5.74, 6) is 0. The fourth-order valence-corrected chi connectivity index (χ4v) is 2.63. The number of aromatic nitrogens is 1. The highest BCUT2D eigenvalue weighted by molar-refractivity contribution is 9.10. The summed E-state index contributed by atoms with van der Waals surface area (Å²) in [6.07, 6.45) is 7.12. The predicted octanol–water partition coefficient (Wildman–Crippen LogP) is 3.57. The third kappa shape index (κ3) is 6.02. The second kappa shape index (κ2) is 9.45. The first-order valence-corrected chi connectivity index (χ1v) is 7.94. The third-order valence-corrected chi connectivity index (χ3v) is 3.54. The summed E-state index contributed by atoms with van der Waals surface area (Å²) >= 11 is 3.48. The second-order valence-corrected chi connectivity index (χ2v) is 5.59. The van der Waals surface area contributed by atoms with Gasteiger partial charge in [-0.3, -0.25) is 4.98 Å². The average Bonchev–Trinajstić information content (AvgIpc) is 2.41. The fraction of sp³-hybridized carbons (Fsp3) is 0.667. The van der Waals surface area contributed by atoms with Crippen LogP contribution in [0, 0.1) is 0 Å². The normalized spacial score (nSPS) is 14.3. The number of halogens is 1. The number of pyridine rings is 1. The van der Waals surface area contributed by atoms with Crippen LogP contribution in [0.25, 0.3) is 0 Å². The van der Waals surface area contributed by atoms with E-state index in [0.717, 1.165) is 36.9 Å². The quantitative estimate of drug-likeness (QED) is 0.752. The maximum absolute atomic E-state index is 5.86. The van der Waals surface area contributed by atoms with Gasteiger partial charge in [-0.25, -0.2) is 0 Å². The summed E-state index contributed by atoms with van der Waals surface area (Å²) in [7, 11) is 0. The Balaban J connectivity index is 2.72. The molecule has 1 rings (SSSR count). The fourth-order valence-electron chi connectivity index (χ4n) is 2.22. The molecule has 0 fully saturated rings. The standard InChI is InChI=1S/C15H25BrN2O/c1-4-7-18-14(15(5-2)19-6-3)9-12-8-13(16)11-17-10-12/h8,10-11,14-15,18H,4-7,9H2,1-3H3. The Morgan fingerprint density at radius 2 is 2.11 bits per heavy atom. The zero-order chi connectivity index (χ0) is 14.1. The van der Waals surface area contributed by atoms with Crippen molar-refractivity contribution in [2.24, 2.45) is 0 Å². The minimum Gasteiger partial charge on any atom is -0.377 e. The van der Waals surface area contributed by atoms with Crippen LogP contribution in [-0.2, 0) is 11.2 Å². The SMILES string of the molecule is CCCNC(Cc1cncc(Br)c1)C(CC)OCC. The molecule has 0 aliphatic carbocycles. The first-order valence-electron chi connectivity index (χ1n) is 7.15. The van der Waals surface area contributed by atoms with E-state index in [4.69, 9.17) is 4.74 Å². The Kier molecular flexibility index (Phi) is 8.26. The molecule has 2 atom stereocenters. The van der Waals surface area contributed by atoms with E-state index in [-0.39, 0.29) is 6.10 Å².